The molecule has 0 atom stereocenters. The maximum absolute atomic E-state index is 12.9. The summed E-state index contributed by atoms with van der Waals surface area (Å²) in [4.78, 5) is 11.5. The topological polar surface area (TPSA) is 80.7 Å². The molecular weight excluding hydrogens is 293 g/mol. The van der Waals surface area contributed by atoms with Gasteiger partial charge in [-0.1, -0.05) is 17.9 Å². The molecule has 0 aliphatic carbocycles. The monoisotopic (exact) mass is 304 g/mol. The van der Waals surface area contributed by atoms with Crippen molar-refractivity contribution in [2.45, 2.75) is 18.5 Å². The minimum absolute atomic E-state index is 0.0224. The zero-order chi connectivity index (χ0) is 15.6. The van der Waals surface area contributed by atoms with Crippen LogP contribution in [0.15, 0.2) is 18.2 Å². The van der Waals surface area contributed by atoms with Crippen molar-refractivity contribution in [2.24, 2.45) is 0 Å². The normalized spacial score (nSPS) is 12.2. The molecule has 2 radical (unpaired) electrons. The third kappa shape index (κ3) is 3.77. The lowest BCUT2D eigenvalue weighted by Gasteiger charge is -2.13. The first-order chi connectivity index (χ1) is 9.08. The lowest BCUT2D eigenvalue weighted by molar-refractivity contribution is -0.00951. The van der Waals surface area contributed by atoms with Gasteiger partial charge in [0.1, 0.15) is 0 Å². The molecule has 0 aliphatic rings. The van der Waals surface area contributed by atoms with Gasteiger partial charge in [0.05, 0.1) is 13.4 Å². The molecule has 0 aliphatic heterocycles. The molecule has 0 unspecified atom stereocenters. The Morgan fingerprint density at radius 2 is 2.05 bits per heavy atom. The van der Waals surface area contributed by atoms with E-state index >= 15 is 0 Å². The smallest absolute Gasteiger partial charge is 0.402 e. The first kappa shape index (κ1) is 16.6. The van der Waals surface area contributed by atoms with Crippen molar-refractivity contribution < 1.29 is 31.3 Å². The van der Waals surface area contributed by atoms with E-state index in [-0.39, 0.29) is 11.9 Å². The predicted molar refractivity (Wildman–Crippen MR) is 67.4 cm³/mol. The third-order valence-electron chi connectivity index (χ3n) is 2.55. The van der Waals surface area contributed by atoms with Crippen LogP contribution in [0.2, 0.25) is 0 Å². The van der Waals surface area contributed by atoms with Crippen LogP contribution in [0, 0.1) is 6.92 Å². The summed E-state index contributed by atoms with van der Waals surface area (Å²) in [6.45, 7) is -0.0892. The molecule has 108 valence electrons. The number of halogens is 2. The fourth-order valence-electron chi connectivity index (χ4n) is 1.36. The van der Waals surface area contributed by atoms with Crippen LogP contribution < -0.4 is 0 Å². The fourth-order valence-corrected chi connectivity index (χ4v) is 1.57. The van der Waals surface area contributed by atoms with Crippen LogP contribution in [0.4, 0.5) is 8.78 Å². The molecule has 1 aromatic carbocycles. The van der Waals surface area contributed by atoms with Crippen LogP contribution in [0.3, 0.4) is 0 Å². The van der Waals surface area contributed by atoms with E-state index in [0.717, 1.165) is 5.56 Å². The summed E-state index contributed by atoms with van der Waals surface area (Å²) in [5.41, 5.74) is 1.42. The first-order valence-corrected chi connectivity index (χ1v) is 6.84. The molecular formula is C11H11BF2O5S. The second kappa shape index (κ2) is 5.88. The summed E-state index contributed by atoms with van der Waals surface area (Å²) in [5, 5.41) is -4.55. The molecule has 0 aromatic heterocycles. The summed E-state index contributed by atoms with van der Waals surface area (Å²) < 4.78 is 58.9. The average Bonchev–Trinajstić information content (AvgIpc) is 2.34. The molecule has 0 saturated heterocycles. The molecule has 5 nitrogen and oxygen atoms in total. The maximum atomic E-state index is 12.9. The number of esters is 1. The summed E-state index contributed by atoms with van der Waals surface area (Å²) in [7, 11) is -0.196. The Balaban J connectivity index is 2.81. The maximum Gasteiger partial charge on any atom is 0.402 e. The zero-order valence-electron chi connectivity index (χ0n) is 10.5. The molecule has 0 fully saturated rings. The Kier molecular flexibility index (Phi) is 4.88. The van der Waals surface area contributed by atoms with Crippen LogP contribution >= 0.6 is 0 Å². The Bertz CT molecular complexity index is 615. The van der Waals surface area contributed by atoms with Crippen molar-refractivity contribution in [3.05, 3.63) is 34.9 Å². The summed E-state index contributed by atoms with van der Waals surface area (Å²) >= 11 is 0. The highest BCUT2D eigenvalue weighted by molar-refractivity contribution is 7.86. The van der Waals surface area contributed by atoms with Gasteiger partial charge in [0.2, 0.25) is 0 Å². The van der Waals surface area contributed by atoms with Gasteiger partial charge in [-0.25, -0.2) is 4.79 Å². The van der Waals surface area contributed by atoms with Gasteiger partial charge in [-0.3, -0.25) is 4.55 Å². The Morgan fingerprint density at radius 1 is 1.45 bits per heavy atom. The second-order valence-corrected chi connectivity index (χ2v) is 5.58. The molecule has 0 amide bonds. The minimum Gasteiger partial charge on any atom is -0.454 e. The molecule has 0 saturated carbocycles. The second-order valence-electron chi connectivity index (χ2n) is 4.03. The average molecular weight is 304 g/mol. The number of ether oxygens (including phenoxy) is 1. The molecule has 0 spiro atoms. The number of carbonyl (C=O) groups is 1. The SMILES string of the molecule is [B]Cc1ccc(C(=O)OCC(F)(F)S(=O)(=O)O)cc1C. The van der Waals surface area contributed by atoms with E-state index in [9.17, 15) is 22.0 Å². The Labute approximate surface area is 116 Å². The van der Waals surface area contributed by atoms with Crippen LogP contribution in [0.5, 0.6) is 0 Å². The van der Waals surface area contributed by atoms with Gasteiger partial charge in [-0.05, 0) is 24.6 Å². The molecule has 1 rings (SSSR count). The van der Waals surface area contributed by atoms with Crippen molar-refractivity contribution in [1.82, 2.24) is 0 Å². The highest BCUT2D eigenvalue weighted by atomic mass is 32.2. The summed E-state index contributed by atoms with van der Waals surface area (Å²) in [6.07, 6.45) is 0.252. The van der Waals surface area contributed by atoms with Crippen molar-refractivity contribution in [1.29, 1.82) is 0 Å². The quantitative estimate of drug-likeness (QED) is 0.504. The van der Waals surface area contributed by atoms with Crippen molar-refractivity contribution >= 4 is 23.9 Å². The standard InChI is InChI=1S/C11H11BF2O5S/c1-7-4-8(2-3-9(7)5-12)10(15)19-6-11(13,14)20(16,17)18/h2-4H,5-6H2,1H3,(H,16,17,18). The zero-order valence-corrected chi connectivity index (χ0v) is 11.3. The molecule has 0 bridgehead atoms. The molecule has 9 heteroatoms. The van der Waals surface area contributed by atoms with Crippen molar-refractivity contribution in [3.8, 4) is 0 Å². The van der Waals surface area contributed by atoms with Gasteiger partial charge in [-0.2, -0.15) is 17.2 Å². The number of hydrogen-bond acceptors (Lipinski definition) is 4. The number of aryl methyl sites for hydroxylation is 1. The molecule has 0 heterocycles. The third-order valence-corrected chi connectivity index (χ3v) is 3.42. The minimum atomic E-state index is -5.63. The number of hydrogen-bond donors (Lipinski definition) is 1. The van der Waals surface area contributed by atoms with Crippen molar-refractivity contribution in [3.63, 3.8) is 0 Å². The van der Waals surface area contributed by atoms with Gasteiger partial charge in [0.25, 0.3) is 0 Å². The number of rotatable bonds is 5. The fraction of sp³-hybridized carbons (Fsp3) is 0.364. The molecule has 1 N–H and O–H groups in total. The van der Waals surface area contributed by atoms with Crippen LogP contribution in [0.1, 0.15) is 21.5 Å². The van der Waals surface area contributed by atoms with E-state index in [1.54, 1.807) is 6.92 Å². The number of benzene rings is 1. The van der Waals surface area contributed by atoms with Crippen LogP contribution in [-0.2, 0) is 21.2 Å². The number of carbonyl (C=O) groups excluding carboxylic acids is 1. The Morgan fingerprint density at radius 3 is 2.50 bits per heavy atom. The van der Waals surface area contributed by atoms with E-state index in [0.29, 0.717) is 5.56 Å². The van der Waals surface area contributed by atoms with Gasteiger partial charge in [-0.15, -0.1) is 0 Å². The van der Waals surface area contributed by atoms with Gasteiger partial charge in [0.15, 0.2) is 6.61 Å². The van der Waals surface area contributed by atoms with E-state index in [4.69, 9.17) is 12.4 Å². The summed E-state index contributed by atoms with van der Waals surface area (Å²) in [6, 6.07) is 4.24. The van der Waals surface area contributed by atoms with Crippen LogP contribution in [0.25, 0.3) is 0 Å². The van der Waals surface area contributed by atoms with E-state index in [2.05, 4.69) is 4.74 Å². The molecule has 20 heavy (non-hydrogen) atoms. The summed E-state index contributed by atoms with van der Waals surface area (Å²) in [5.74, 6) is -1.13. The lowest BCUT2D eigenvalue weighted by atomic mass is 9.92. The highest BCUT2D eigenvalue weighted by Crippen LogP contribution is 2.21. The molecule has 1 aromatic rings. The predicted octanol–water partition coefficient (Wildman–Crippen LogP) is 1.30. The van der Waals surface area contributed by atoms with Gasteiger partial charge < -0.3 is 4.74 Å². The number of alkyl halides is 2. The van der Waals surface area contributed by atoms with Gasteiger partial charge in [0, 0.05) is 0 Å². The van der Waals surface area contributed by atoms with E-state index in [1.165, 1.54) is 18.2 Å². The van der Waals surface area contributed by atoms with Crippen LogP contribution in [-0.4, -0.2) is 38.6 Å². The first-order valence-electron chi connectivity index (χ1n) is 5.40. The van der Waals surface area contributed by atoms with Crippen molar-refractivity contribution in [2.75, 3.05) is 6.61 Å². The Hall–Kier alpha value is -1.48. The van der Waals surface area contributed by atoms with Gasteiger partial charge >= 0.3 is 21.3 Å². The largest absolute Gasteiger partial charge is 0.454 e. The highest BCUT2D eigenvalue weighted by Gasteiger charge is 2.45. The lowest BCUT2D eigenvalue weighted by Crippen LogP contribution is -2.34. The van der Waals surface area contributed by atoms with E-state index < -0.39 is 27.9 Å². The van der Waals surface area contributed by atoms with E-state index in [1.807, 2.05) is 0 Å².